The third-order valence-corrected chi connectivity index (χ3v) is 2.92. The quantitative estimate of drug-likeness (QED) is 0.673. The molecule has 0 saturated carbocycles. The average Bonchev–Trinajstić information content (AvgIpc) is 2.38. The minimum Gasteiger partial charge on any atom is -0.370 e. The molecule has 5 heteroatoms. The van der Waals surface area contributed by atoms with Crippen LogP contribution < -0.4 is 16.6 Å². The Bertz CT molecular complexity index is 634. The number of pyridine rings is 1. The van der Waals surface area contributed by atoms with Gasteiger partial charge in [0.05, 0.1) is 0 Å². The van der Waals surface area contributed by atoms with Crippen molar-refractivity contribution in [2.24, 2.45) is 5.73 Å². The number of aromatic amines is 1. The number of benzene rings is 1. The molecule has 0 unspecified atom stereocenters. The maximum atomic E-state index is 11.8. The van der Waals surface area contributed by atoms with Crippen LogP contribution in [0.2, 0.25) is 0 Å². The lowest BCUT2D eigenvalue weighted by molar-refractivity contribution is -0.118. The number of primary amides is 1. The van der Waals surface area contributed by atoms with Crippen molar-refractivity contribution in [3.63, 3.8) is 0 Å². The highest BCUT2D eigenvalue weighted by atomic mass is 16.1. The third-order valence-electron chi connectivity index (χ3n) is 2.92. The number of H-pyrrole nitrogens is 1. The molecule has 0 aliphatic rings. The van der Waals surface area contributed by atoms with Gasteiger partial charge in [0.15, 0.2) is 0 Å². The highest BCUT2D eigenvalue weighted by molar-refractivity contribution is 5.78. The van der Waals surface area contributed by atoms with E-state index in [9.17, 15) is 9.59 Å². The van der Waals surface area contributed by atoms with Crippen LogP contribution in [0.1, 0.15) is 18.4 Å². The number of rotatable bonds is 6. The first kappa shape index (κ1) is 13.3. The molecule has 4 N–H and O–H groups in total. The average molecular weight is 259 g/mol. The predicted molar refractivity (Wildman–Crippen MR) is 74.7 cm³/mol. The summed E-state index contributed by atoms with van der Waals surface area (Å²) in [5.74, 6) is -0.301. The Labute approximate surface area is 110 Å². The number of carbonyl (C=O) groups is 1. The first-order valence-corrected chi connectivity index (χ1v) is 6.27. The summed E-state index contributed by atoms with van der Waals surface area (Å²) in [7, 11) is 0. The van der Waals surface area contributed by atoms with Crippen molar-refractivity contribution >= 4 is 16.8 Å². The second-order valence-corrected chi connectivity index (χ2v) is 4.46. The van der Waals surface area contributed by atoms with E-state index in [0.717, 1.165) is 10.9 Å². The first-order valence-electron chi connectivity index (χ1n) is 6.27. The number of hydrogen-bond donors (Lipinski definition) is 3. The molecule has 0 aliphatic heterocycles. The van der Waals surface area contributed by atoms with Crippen LogP contribution in [0.5, 0.6) is 0 Å². The summed E-state index contributed by atoms with van der Waals surface area (Å²) in [6, 6.07) is 9.54. The van der Waals surface area contributed by atoms with Crippen molar-refractivity contribution < 1.29 is 4.79 Å². The molecule has 0 spiro atoms. The monoisotopic (exact) mass is 259 g/mol. The van der Waals surface area contributed by atoms with Crippen LogP contribution in [0.25, 0.3) is 10.9 Å². The normalized spacial score (nSPS) is 10.7. The van der Waals surface area contributed by atoms with E-state index >= 15 is 0 Å². The van der Waals surface area contributed by atoms with Crippen LogP contribution in [0.4, 0.5) is 0 Å². The van der Waals surface area contributed by atoms with Gasteiger partial charge in [-0.25, -0.2) is 0 Å². The van der Waals surface area contributed by atoms with Crippen molar-refractivity contribution in [1.82, 2.24) is 10.3 Å². The molecule has 1 heterocycles. The van der Waals surface area contributed by atoms with Crippen molar-refractivity contribution in [3.05, 3.63) is 46.2 Å². The highest BCUT2D eigenvalue weighted by Gasteiger charge is 2.02. The lowest BCUT2D eigenvalue weighted by atomic mass is 10.1. The van der Waals surface area contributed by atoms with Gasteiger partial charge in [-0.15, -0.1) is 0 Å². The molecule has 0 bridgehead atoms. The predicted octanol–water partition coefficient (Wildman–Crippen LogP) is 0.883. The number of para-hydroxylation sites is 1. The van der Waals surface area contributed by atoms with E-state index < -0.39 is 0 Å². The summed E-state index contributed by atoms with van der Waals surface area (Å²) in [4.78, 5) is 25.3. The summed E-state index contributed by atoms with van der Waals surface area (Å²) >= 11 is 0. The number of fused-ring (bicyclic) bond motifs is 1. The van der Waals surface area contributed by atoms with Gasteiger partial charge >= 0.3 is 0 Å². The van der Waals surface area contributed by atoms with Crippen LogP contribution in [0, 0.1) is 0 Å². The molecule has 2 aromatic rings. The minimum absolute atomic E-state index is 0.0823. The van der Waals surface area contributed by atoms with E-state index in [1.54, 1.807) is 0 Å². The summed E-state index contributed by atoms with van der Waals surface area (Å²) in [6.45, 7) is 1.15. The second-order valence-electron chi connectivity index (χ2n) is 4.46. The van der Waals surface area contributed by atoms with Gasteiger partial charge in [-0.1, -0.05) is 18.2 Å². The molecule has 5 nitrogen and oxygen atoms in total. The van der Waals surface area contributed by atoms with Crippen LogP contribution in [0.3, 0.4) is 0 Å². The van der Waals surface area contributed by atoms with Crippen LogP contribution >= 0.6 is 0 Å². The van der Waals surface area contributed by atoms with Gasteiger partial charge in [-0.05, 0) is 30.5 Å². The first-order chi connectivity index (χ1) is 9.16. The summed E-state index contributed by atoms with van der Waals surface area (Å²) in [5.41, 5.74) is 6.50. The Morgan fingerprint density at radius 3 is 2.89 bits per heavy atom. The molecule has 0 aliphatic carbocycles. The molecule has 0 atom stereocenters. The van der Waals surface area contributed by atoms with E-state index in [-0.39, 0.29) is 11.5 Å². The molecule has 0 fully saturated rings. The van der Waals surface area contributed by atoms with Crippen molar-refractivity contribution in [2.45, 2.75) is 19.4 Å². The molecule has 100 valence electrons. The zero-order chi connectivity index (χ0) is 13.7. The maximum absolute atomic E-state index is 11.8. The Morgan fingerprint density at radius 2 is 2.11 bits per heavy atom. The molecular formula is C14H17N3O2. The van der Waals surface area contributed by atoms with E-state index in [1.807, 2.05) is 30.3 Å². The van der Waals surface area contributed by atoms with Crippen molar-refractivity contribution in [2.75, 3.05) is 6.54 Å². The highest BCUT2D eigenvalue weighted by Crippen LogP contribution is 2.09. The number of carbonyl (C=O) groups excluding carboxylic acids is 1. The topological polar surface area (TPSA) is 88.0 Å². The fourth-order valence-electron chi connectivity index (χ4n) is 1.93. The Kier molecular flexibility index (Phi) is 4.30. The SMILES string of the molecule is NC(=O)CCCNCc1cc2ccccc2[nH]c1=O. The number of nitrogens with two attached hydrogens (primary N) is 1. The fourth-order valence-corrected chi connectivity index (χ4v) is 1.93. The number of aromatic nitrogens is 1. The van der Waals surface area contributed by atoms with Gasteiger partial charge < -0.3 is 16.0 Å². The molecule has 2 rings (SSSR count). The lowest BCUT2D eigenvalue weighted by Crippen LogP contribution is -2.22. The molecule has 19 heavy (non-hydrogen) atoms. The van der Waals surface area contributed by atoms with E-state index in [1.165, 1.54) is 0 Å². The van der Waals surface area contributed by atoms with Gasteiger partial charge in [0.25, 0.3) is 5.56 Å². The molecule has 0 radical (unpaired) electrons. The smallest absolute Gasteiger partial charge is 0.252 e. The zero-order valence-corrected chi connectivity index (χ0v) is 10.6. The van der Waals surface area contributed by atoms with E-state index in [4.69, 9.17) is 5.73 Å². The van der Waals surface area contributed by atoms with E-state index in [2.05, 4.69) is 10.3 Å². The van der Waals surface area contributed by atoms with E-state index in [0.29, 0.717) is 31.5 Å². The number of hydrogen-bond acceptors (Lipinski definition) is 3. The van der Waals surface area contributed by atoms with Gasteiger partial charge in [-0.2, -0.15) is 0 Å². The van der Waals surface area contributed by atoms with Crippen LogP contribution in [-0.2, 0) is 11.3 Å². The Hall–Kier alpha value is -2.14. The molecular weight excluding hydrogens is 242 g/mol. The second kappa shape index (κ2) is 6.15. The fraction of sp³-hybridized carbons (Fsp3) is 0.286. The van der Waals surface area contributed by atoms with Gasteiger partial charge in [0.2, 0.25) is 5.91 Å². The summed E-state index contributed by atoms with van der Waals surface area (Å²) in [5, 5.41) is 4.15. The van der Waals surface area contributed by atoms with Gasteiger partial charge in [-0.3, -0.25) is 9.59 Å². The number of amides is 1. The largest absolute Gasteiger partial charge is 0.370 e. The summed E-state index contributed by atoms with van der Waals surface area (Å²) < 4.78 is 0. The standard InChI is InChI=1S/C14H17N3O2/c15-13(18)6-3-7-16-9-11-8-10-4-1-2-5-12(10)17-14(11)19/h1-2,4-5,8,16H,3,6-7,9H2,(H2,15,18)(H,17,19). The Morgan fingerprint density at radius 1 is 1.32 bits per heavy atom. The Balaban J connectivity index is 1.98. The molecule has 1 aromatic carbocycles. The lowest BCUT2D eigenvalue weighted by Gasteiger charge is -2.05. The van der Waals surface area contributed by atoms with Crippen molar-refractivity contribution in [3.8, 4) is 0 Å². The van der Waals surface area contributed by atoms with Gasteiger partial charge in [0, 0.05) is 24.0 Å². The molecule has 1 aromatic heterocycles. The van der Waals surface area contributed by atoms with Crippen LogP contribution in [0.15, 0.2) is 35.1 Å². The zero-order valence-electron chi connectivity index (χ0n) is 10.6. The molecule has 1 amide bonds. The van der Waals surface area contributed by atoms with Crippen molar-refractivity contribution in [1.29, 1.82) is 0 Å². The maximum Gasteiger partial charge on any atom is 0.252 e. The molecule has 0 saturated heterocycles. The number of nitrogens with one attached hydrogen (secondary N) is 2. The van der Waals surface area contributed by atoms with Crippen LogP contribution in [-0.4, -0.2) is 17.4 Å². The van der Waals surface area contributed by atoms with Gasteiger partial charge in [0.1, 0.15) is 0 Å². The minimum atomic E-state index is -0.301. The third kappa shape index (κ3) is 3.66. The summed E-state index contributed by atoms with van der Waals surface area (Å²) in [6.07, 6.45) is 1.04.